The quantitative estimate of drug-likeness (QED) is 0.294. The van der Waals surface area contributed by atoms with E-state index in [0.717, 1.165) is 18.2 Å². The molecule has 0 fully saturated rings. The van der Waals surface area contributed by atoms with Crippen LogP contribution < -0.4 is 11.5 Å². The summed E-state index contributed by atoms with van der Waals surface area (Å²) in [5.41, 5.74) is 11.2. The molecule has 0 amide bonds. The van der Waals surface area contributed by atoms with Gasteiger partial charge in [0.25, 0.3) is 0 Å². The molecule has 0 aromatic heterocycles. The zero-order valence-corrected chi connectivity index (χ0v) is 11.9. The lowest BCUT2D eigenvalue weighted by Gasteiger charge is -2.15. The first kappa shape index (κ1) is 14.9. The number of hydrogen-bond acceptors (Lipinski definition) is 2. The van der Waals surface area contributed by atoms with Crippen molar-refractivity contribution >= 4 is 31.9 Å². The monoisotopic (exact) mass is 328 g/mol. The lowest BCUT2D eigenvalue weighted by Crippen LogP contribution is -2.42. The van der Waals surface area contributed by atoms with Crippen molar-refractivity contribution in [3.8, 4) is 0 Å². The molecule has 4 N–H and O–H groups in total. The predicted molar refractivity (Wildman–Crippen MR) is 70.8 cm³/mol. The molecule has 0 unspecified atom stereocenters. The van der Waals surface area contributed by atoms with E-state index in [-0.39, 0.29) is 0 Å². The van der Waals surface area contributed by atoms with Crippen molar-refractivity contribution in [1.29, 1.82) is 0 Å². The second kappa shape index (κ2) is 9.13. The molecular weight excluding hydrogens is 308 g/mol. The Balaban J connectivity index is 2.99. The SMILES string of the molecule is NC(N)(Br)CCCCCCCCCBr. The third-order valence-electron chi connectivity index (χ3n) is 2.19. The molecule has 0 aromatic carbocycles. The fourth-order valence-electron chi connectivity index (χ4n) is 1.37. The van der Waals surface area contributed by atoms with Gasteiger partial charge in [0, 0.05) is 5.33 Å². The smallest absolute Gasteiger partial charge is 0.121 e. The minimum atomic E-state index is -0.650. The maximum atomic E-state index is 5.61. The Morgan fingerprint density at radius 2 is 1.21 bits per heavy atom. The van der Waals surface area contributed by atoms with Gasteiger partial charge in [-0.1, -0.05) is 64.0 Å². The van der Waals surface area contributed by atoms with Crippen LogP contribution in [0.4, 0.5) is 0 Å². The molecule has 0 saturated carbocycles. The minimum absolute atomic E-state index is 0.650. The van der Waals surface area contributed by atoms with Gasteiger partial charge in [0.05, 0.1) is 0 Å². The minimum Gasteiger partial charge on any atom is -0.304 e. The van der Waals surface area contributed by atoms with Crippen molar-refractivity contribution in [2.45, 2.75) is 55.9 Å². The Morgan fingerprint density at radius 1 is 0.786 bits per heavy atom. The highest BCUT2D eigenvalue weighted by Gasteiger charge is 2.11. The van der Waals surface area contributed by atoms with E-state index in [4.69, 9.17) is 11.5 Å². The molecule has 0 aromatic rings. The van der Waals surface area contributed by atoms with E-state index < -0.39 is 4.57 Å². The zero-order valence-electron chi connectivity index (χ0n) is 8.77. The lowest BCUT2D eigenvalue weighted by atomic mass is 10.1. The normalized spacial score (nSPS) is 12.0. The van der Waals surface area contributed by atoms with Gasteiger partial charge in [-0.25, -0.2) is 0 Å². The highest BCUT2D eigenvalue weighted by molar-refractivity contribution is 9.10. The van der Waals surface area contributed by atoms with E-state index in [1.54, 1.807) is 0 Å². The maximum Gasteiger partial charge on any atom is 0.121 e. The molecule has 0 aliphatic carbocycles. The third kappa shape index (κ3) is 12.9. The Labute approximate surface area is 104 Å². The van der Waals surface area contributed by atoms with E-state index in [9.17, 15) is 0 Å². The molecule has 0 aliphatic rings. The molecular formula is C10H22Br2N2. The summed E-state index contributed by atoms with van der Waals surface area (Å²) in [5, 5.41) is 1.14. The van der Waals surface area contributed by atoms with Crippen LogP contribution in [0.3, 0.4) is 0 Å². The first-order valence-electron chi connectivity index (χ1n) is 5.39. The molecule has 14 heavy (non-hydrogen) atoms. The summed E-state index contributed by atoms with van der Waals surface area (Å²) in [6.45, 7) is 0. The Bertz CT molecular complexity index is 124. The van der Waals surface area contributed by atoms with E-state index >= 15 is 0 Å². The summed E-state index contributed by atoms with van der Waals surface area (Å²) in [4.78, 5) is 0. The molecule has 0 bridgehead atoms. The third-order valence-corrected chi connectivity index (χ3v) is 3.15. The van der Waals surface area contributed by atoms with Crippen molar-refractivity contribution in [3.63, 3.8) is 0 Å². The molecule has 2 nitrogen and oxygen atoms in total. The summed E-state index contributed by atoms with van der Waals surface area (Å²) in [7, 11) is 0. The van der Waals surface area contributed by atoms with Gasteiger partial charge >= 0.3 is 0 Å². The summed E-state index contributed by atoms with van der Waals surface area (Å²) in [5.74, 6) is 0. The van der Waals surface area contributed by atoms with E-state index in [1.807, 2.05) is 0 Å². The number of alkyl halides is 2. The summed E-state index contributed by atoms with van der Waals surface area (Å²) >= 11 is 6.66. The van der Waals surface area contributed by atoms with Crippen LogP contribution >= 0.6 is 31.9 Å². The topological polar surface area (TPSA) is 52.0 Å². The molecule has 0 aliphatic heterocycles. The van der Waals surface area contributed by atoms with E-state index in [0.29, 0.717) is 0 Å². The van der Waals surface area contributed by atoms with Gasteiger partial charge in [0.1, 0.15) is 4.57 Å². The van der Waals surface area contributed by atoms with Crippen LogP contribution in [0.1, 0.15) is 51.4 Å². The van der Waals surface area contributed by atoms with Crippen molar-refractivity contribution in [3.05, 3.63) is 0 Å². The second-order valence-electron chi connectivity index (χ2n) is 3.84. The average Bonchev–Trinajstić information content (AvgIpc) is 2.08. The molecule has 0 radical (unpaired) electrons. The lowest BCUT2D eigenvalue weighted by molar-refractivity contribution is 0.519. The van der Waals surface area contributed by atoms with Crippen molar-refractivity contribution < 1.29 is 0 Å². The van der Waals surface area contributed by atoms with Crippen LogP contribution in [0.25, 0.3) is 0 Å². The van der Waals surface area contributed by atoms with Crippen LogP contribution in [-0.4, -0.2) is 9.90 Å². The summed E-state index contributed by atoms with van der Waals surface area (Å²) in [6, 6.07) is 0. The highest BCUT2D eigenvalue weighted by Crippen LogP contribution is 2.14. The molecule has 0 atom stereocenters. The van der Waals surface area contributed by atoms with Crippen LogP contribution in [0.5, 0.6) is 0 Å². The van der Waals surface area contributed by atoms with Crippen LogP contribution in [0.2, 0.25) is 0 Å². The number of rotatable bonds is 9. The van der Waals surface area contributed by atoms with Gasteiger partial charge in [0.15, 0.2) is 0 Å². The maximum absolute atomic E-state index is 5.61. The molecule has 0 saturated heterocycles. The van der Waals surface area contributed by atoms with Crippen molar-refractivity contribution in [2.75, 3.05) is 5.33 Å². The molecule has 4 heteroatoms. The van der Waals surface area contributed by atoms with E-state index in [1.165, 1.54) is 38.5 Å². The number of hydrogen-bond donors (Lipinski definition) is 2. The standard InChI is InChI=1S/C10H22Br2N2/c11-9-7-5-3-1-2-4-6-8-10(12,13)14/h1-9,13-14H2. The Hall–Kier alpha value is 0.880. The number of nitrogens with two attached hydrogens (primary N) is 2. The summed E-state index contributed by atoms with van der Waals surface area (Å²) in [6.07, 6.45) is 9.89. The largest absolute Gasteiger partial charge is 0.304 e. The predicted octanol–water partition coefficient (Wildman–Crippen LogP) is 3.47. The molecule has 0 rings (SSSR count). The fourth-order valence-corrected chi connectivity index (χ4v) is 2.05. The highest BCUT2D eigenvalue weighted by atomic mass is 79.9. The zero-order chi connectivity index (χ0) is 10.9. The fraction of sp³-hybridized carbons (Fsp3) is 1.00. The van der Waals surface area contributed by atoms with Gasteiger partial charge in [-0.3, -0.25) is 0 Å². The van der Waals surface area contributed by atoms with Crippen LogP contribution in [0, 0.1) is 0 Å². The van der Waals surface area contributed by atoms with Crippen molar-refractivity contribution in [2.24, 2.45) is 11.5 Å². The van der Waals surface area contributed by atoms with Gasteiger partial charge in [0.2, 0.25) is 0 Å². The van der Waals surface area contributed by atoms with Crippen LogP contribution in [-0.2, 0) is 0 Å². The van der Waals surface area contributed by atoms with E-state index in [2.05, 4.69) is 31.9 Å². The number of halogens is 2. The Kier molecular flexibility index (Phi) is 9.70. The first-order chi connectivity index (χ1) is 6.56. The Morgan fingerprint density at radius 3 is 1.64 bits per heavy atom. The summed E-state index contributed by atoms with van der Waals surface area (Å²) < 4.78 is -0.650. The molecule has 0 heterocycles. The van der Waals surface area contributed by atoms with Crippen molar-refractivity contribution in [1.82, 2.24) is 0 Å². The second-order valence-corrected chi connectivity index (χ2v) is 6.11. The number of unbranched alkanes of at least 4 members (excludes halogenated alkanes) is 6. The van der Waals surface area contributed by atoms with Crippen LogP contribution in [0.15, 0.2) is 0 Å². The van der Waals surface area contributed by atoms with Gasteiger partial charge in [-0.05, 0) is 19.3 Å². The van der Waals surface area contributed by atoms with Gasteiger partial charge < -0.3 is 11.5 Å². The first-order valence-corrected chi connectivity index (χ1v) is 7.30. The van der Waals surface area contributed by atoms with Gasteiger partial charge in [-0.15, -0.1) is 0 Å². The molecule has 0 spiro atoms. The van der Waals surface area contributed by atoms with Gasteiger partial charge in [-0.2, -0.15) is 0 Å². The average molecular weight is 330 g/mol. The molecule has 86 valence electrons.